The number of fused-ring (bicyclic) bond motifs is 3. The lowest BCUT2D eigenvalue weighted by atomic mass is 9.67. The summed E-state index contributed by atoms with van der Waals surface area (Å²) in [5.74, 6) is -3.19. The number of para-hydroxylation sites is 1. The van der Waals surface area contributed by atoms with Crippen LogP contribution >= 0.6 is 0 Å². The molecule has 0 unspecified atom stereocenters. The summed E-state index contributed by atoms with van der Waals surface area (Å²) in [6.07, 6.45) is -0.393. The number of carbonyl (C=O) groups excluding carboxylic acids is 3. The summed E-state index contributed by atoms with van der Waals surface area (Å²) in [6.45, 7) is 5.42. The maximum Gasteiger partial charge on any atom is 0.419 e. The second kappa shape index (κ2) is 8.97. The molecule has 1 aliphatic carbocycles. The van der Waals surface area contributed by atoms with E-state index < -0.39 is 41.4 Å². The first-order valence-electron chi connectivity index (χ1n) is 11.2. The molecule has 0 radical (unpaired) electrons. The number of hydrogen-bond acceptors (Lipinski definition) is 6. The van der Waals surface area contributed by atoms with E-state index in [2.05, 4.69) is 0 Å². The van der Waals surface area contributed by atoms with Crippen molar-refractivity contribution in [2.45, 2.75) is 38.7 Å². The molecule has 7 heteroatoms. The fourth-order valence-electron chi connectivity index (χ4n) is 4.98. The van der Waals surface area contributed by atoms with Crippen molar-refractivity contribution in [3.8, 4) is 0 Å². The summed E-state index contributed by atoms with van der Waals surface area (Å²) in [7, 11) is 2.62. The molecule has 34 heavy (non-hydrogen) atoms. The standard InChI is InChI=1S/C27H29NO6/c1-27(2,3)34-26(31)28-19-14-10-9-13-17(19)22-20(28)15-18(24(29)32-4)23(25(30)33-5)21(22)16-11-7-6-8-12-16/h6-14,18,21,23H,15H2,1-5H3/t18-,21+,23+/m1/s1. The second-order valence-electron chi connectivity index (χ2n) is 9.46. The zero-order valence-electron chi connectivity index (χ0n) is 20.0. The zero-order valence-corrected chi connectivity index (χ0v) is 20.0. The first-order valence-corrected chi connectivity index (χ1v) is 11.2. The molecule has 3 aromatic rings. The number of hydrogen-bond donors (Lipinski definition) is 0. The molecule has 2 aromatic carbocycles. The quantitative estimate of drug-likeness (QED) is 0.414. The normalized spacial score (nSPS) is 19.9. The number of benzene rings is 2. The fourth-order valence-corrected chi connectivity index (χ4v) is 4.98. The number of carbonyl (C=O) groups is 3. The summed E-state index contributed by atoms with van der Waals surface area (Å²) in [5.41, 5.74) is 2.26. The molecular formula is C27H29NO6. The van der Waals surface area contributed by atoms with Crippen LogP contribution in [0.1, 0.15) is 43.5 Å². The molecule has 0 spiro atoms. The average Bonchev–Trinajstić information content (AvgIpc) is 3.15. The van der Waals surface area contributed by atoms with E-state index in [1.807, 2.05) is 54.6 Å². The minimum atomic E-state index is -0.833. The number of aromatic nitrogens is 1. The van der Waals surface area contributed by atoms with Gasteiger partial charge in [-0.3, -0.25) is 9.59 Å². The Balaban J connectivity index is 2.06. The molecule has 4 rings (SSSR count). The molecule has 0 aliphatic heterocycles. The lowest BCUT2D eigenvalue weighted by Gasteiger charge is -2.36. The first-order chi connectivity index (χ1) is 16.2. The van der Waals surface area contributed by atoms with Gasteiger partial charge in [-0.15, -0.1) is 0 Å². The van der Waals surface area contributed by atoms with Crippen LogP contribution in [0.15, 0.2) is 54.6 Å². The molecule has 178 valence electrons. The predicted octanol–water partition coefficient (Wildman–Crippen LogP) is 4.69. The average molecular weight is 464 g/mol. The van der Waals surface area contributed by atoms with Crippen LogP contribution in [-0.2, 0) is 30.2 Å². The highest BCUT2D eigenvalue weighted by atomic mass is 16.6. The van der Waals surface area contributed by atoms with Crippen LogP contribution < -0.4 is 0 Å². The maximum absolute atomic E-state index is 13.4. The monoisotopic (exact) mass is 463 g/mol. The lowest BCUT2D eigenvalue weighted by Crippen LogP contribution is -2.42. The highest BCUT2D eigenvalue weighted by molar-refractivity contribution is 5.96. The number of rotatable bonds is 3. The van der Waals surface area contributed by atoms with Crippen LogP contribution in [0, 0.1) is 11.8 Å². The first kappa shape index (κ1) is 23.5. The molecule has 3 atom stereocenters. The van der Waals surface area contributed by atoms with Crippen molar-refractivity contribution in [2.75, 3.05) is 14.2 Å². The highest BCUT2D eigenvalue weighted by Gasteiger charge is 2.49. The largest absolute Gasteiger partial charge is 0.469 e. The van der Waals surface area contributed by atoms with Crippen molar-refractivity contribution >= 4 is 28.9 Å². The van der Waals surface area contributed by atoms with E-state index in [1.165, 1.54) is 18.8 Å². The molecule has 1 heterocycles. The van der Waals surface area contributed by atoms with Crippen molar-refractivity contribution in [2.24, 2.45) is 11.8 Å². The Morgan fingerprint density at radius 1 is 0.882 bits per heavy atom. The van der Waals surface area contributed by atoms with Gasteiger partial charge >= 0.3 is 18.0 Å². The number of nitrogens with zero attached hydrogens (tertiary/aromatic N) is 1. The van der Waals surface area contributed by atoms with Gasteiger partial charge in [0.1, 0.15) is 5.60 Å². The van der Waals surface area contributed by atoms with E-state index in [4.69, 9.17) is 14.2 Å². The van der Waals surface area contributed by atoms with Gasteiger partial charge in [-0.2, -0.15) is 0 Å². The molecule has 0 saturated carbocycles. The van der Waals surface area contributed by atoms with Crippen molar-refractivity contribution < 1.29 is 28.6 Å². The van der Waals surface area contributed by atoms with Crippen LogP contribution in [0.25, 0.3) is 10.9 Å². The zero-order chi connectivity index (χ0) is 24.6. The lowest BCUT2D eigenvalue weighted by molar-refractivity contribution is -0.158. The Bertz CT molecular complexity index is 1240. The van der Waals surface area contributed by atoms with Crippen molar-refractivity contribution in [3.05, 3.63) is 71.4 Å². The van der Waals surface area contributed by atoms with E-state index >= 15 is 0 Å². The van der Waals surface area contributed by atoms with E-state index in [1.54, 1.807) is 20.8 Å². The molecular weight excluding hydrogens is 434 g/mol. The maximum atomic E-state index is 13.4. The number of methoxy groups -OCH3 is 2. The molecule has 0 amide bonds. The smallest absolute Gasteiger partial charge is 0.419 e. The van der Waals surface area contributed by atoms with Gasteiger partial charge in [0, 0.05) is 23.4 Å². The minimum Gasteiger partial charge on any atom is -0.469 e. The van der Waals surface area contributed by atoms with Crippen LogP contribution in [0.3, 0.4) is 0 Å². The second-order valence-corrected chi connectivity index (χ2v) is 9.46. The SMILES string of the molecule is COC(=O)[C@@H]1[C@@H](c2ccccc2)c2c(n(C(=O)OC(C)(C)C)c3ccccc23)C[C@H]1C(=O)OC. The third-order valence-corrected chi connectivity index (χ3v) is 6.24. The van der Waals surface area contributed by atoms with Crippen LogP contribution in [-0.4, -0.2) is 42.4 Å². The van der Waals surface area contributed by atoms with E-state index in [9.17, 15) is 14.4 Å². The molecule has 0 fully saturated rings. The summed E-state index contributed by atoms with van der Waals surface area (Å²) in [5, 5.41) is 0.828. The molecule has 1 aliphatic rings. The van der Waals surface area contributed by atoms with Crippen molar-refractivity contribution in [1.82, 2.24) is 4.57 Å². The Hall–Kier alpha value is -3.61. The van der Waals surface area contributed by atoms with Gasteiger partial charge in [-0.05, 0) is 38.0 Å². The van der Waals surface area contributed by atoms with Crippen LogP contribution in [0.4, 0.5) is 4.79 Å². The number of ether oxygens (including phenoxy) is 3. The molecule has 0 N–H and O–H groups in total. The van der Waals surface area contributed by atoms with Gasteiger partial charge in [0.15, 0.2) is 0 Å². The van der Waals surface area contributed by atoms with E-state index in [0.29, 0.717) is 11.2 Å². The van der Waals surface area contributed by atoms with Gasteiger partial charge in [-0.1, -0.05) is 48.5 Å². The van der Waals surface area contributed by atoms with Crippen LogP contribution in [0.5, 0.6) is 0 Å². The van der Waals surface area contributed by atoms with Gasteiger partial charge in [0.2, 0.25) is 0 Å². The Labute approximate surface area is 198 Å². The fraction of sp³-hybridized carbons (Fsp3) is 0.370. The van der Waals surface area contributed by atoms with E-state index in [-0.39, 0.29) is 6.42 Å². The van der Waals surface area contributed by atoms with Crippen molar-refractivity contribution in [1.29, 1.82) is 0 Å². The summed E-state index contributed by atoms with van der Waals surface area (Å²) in [4.78, 5) is 39.5. The summed E-state index contributed by atoms with van der Waals surface area (Å²) in [6, 6.07) is 17.0. The Morgan fingerprint density at radius 3 is 2.12 bits per heavy atom. The Kier molecular flexibility index (Phi) is 6.21. The number of esters is 2. The molecule has 7 nitrogen and oxygen atoms in total. The predicted molar refractivity (Wildman–Crippen MR) is 127 cm³/mol. The summed E-state index contributed by atoms with van der Waals surface area (Å²) >= 11 is 0. The van der Waals surface area contributed by atoms with E-state index in [0.717, 1.165) is 16.5 Å². The van der Waals surface area contributed by atoms with Gasteiger partial charge in [0.05, 0.1) is 31.6 Å². The van der Waals surface area contributed by atoms with Crippen LogP contribution in [0.2, 0.25) is 0 Å². The van der Waals surface area contributed by atoms with Gasteiger partial charge in [0.25, 0.3) is 0 Å². The molecule has 0 bridgehead atoms. The Morgan fingerprint density at radius 2 is 1.50 bits per heavy atom. The van der Waals surface area contributed by atoms with Crippen molar-refractivity contribution in [3.63, 3.8) is 0 Å². The third kappa shape index (κ3) is 4.06. The summed E-state index contributed by atoms with van der Waals surface area (Å²) < 4.78 is 17.5. The topological polar surface area (TPSA) is 83.8 Å². The van der Waals surface area contributed by atoms with Gasteiger partial charge in [-0.25, -0.2) is 9.36 Å². The molecule has 1 aromatic heterocycles. The minimum absolute atomic E-state index is 0.138. The highest BCUT2D eigenvalue weighted by Crippen LogP contribution is 2.48. The third-order valence-electron chi connectivity index (χ3n) is 6.24. The molecule has 0 saturated heterocycles. The van der Waals surface area contributed by atoms with Gasteiger partial charge < -0.3 is 14.2 Å².